The van der Waals surface area contributed by atoms with E-state index in [1.165, 1.54) is 4.31 Å². The van der Waals surface area contributed by atoms with Crippen LogP contribution < -0.4 is 10.6 Å². The third kappa shape index (κ3) is 7.35. The maximum atomic E-state index is 12.6. The predicted octanol–water partition coefficient (Wildman–Crippen LogP) is 2.87. The van der Waals surface area contributed by atoms with Gasteiger partial charge in [0.25, 0.3) is 0 Å². The molecule has 0 atom stereocenters. The number of nitrogens with zero attached hydrogens (tertiary/aromatic N) is 3. The lowest BCUT2D eigenvalue weighted by Gasteiger charge is -2.35. The second kappa shape index (κ2) is 12.2. The maximum absolute atomic E-state index is 12.6. The highest BCUT2D eigenvalue weighted by atomic mass is 127. The van der Waals surface area contributed by atoms with Crippen molar-refractivity contribution < 1.29 is 8.42 Å². The first-order valence-corrected chi connectivity index (χ1v) is 11.9. The molecule has 9 heteroatoms. The summed E-state index contributed by atoms with van der Waals surface area (Å²) in [6.45, 7) is 11.0. The van der Waals surface area contributed by atoms with E-state index in [0.29, 0.717) is 23.5 Å². The van der Waals surface area contributed by atoms with Crippen molar-refractivity contribution in [2.75, 3.05) is 27.2 Å². The monoisotopic (exact) mass is 551 g/mol. The lowest BCUT2D eigenvalue weighted by molar-refractivity contribution is 0.167. The van der Waals surface area contributed by atoms with E-state index in [1.54, 1.807) is 26.2 Å². The summed E-state index contributed by atoms with van der Waals surface area (Å²) in [5.41, 5.74) is 1.01. The zero-order valence-corrected chi connectivity index (χ0v) is 22.2. The number of hydrogen-bond donors (Lipinski definition) is 2. The summed E-state index contributed by atoms with van der Waals surface area (Å²) in [7, 11) is -0.0663. The second-order valence-corrected chi connectivity index (χ2v) is 10.2. The summed E-state index contributed by atoms with van der Waals surface area (Å²) in [6.07, 6.45) is 2.21. The average Bonchev–Trinajstić information content (AvgIpc) is 2.71. The lowest BCUT2D eigenvalue weighted by atomic mass is 10.0. The highest BCUT2D eigenvalue weighted by molar-refractivity contribution is 14.0. The highest BCUT2D eigenvalue weighted by Gasteiger charge is 2.23. The Morgan fingerprint density at radius 3 is 2.20 bits per heavy atom. The quantitative estimate of drug-likeness (QED) is 0.310. The fourth-order valence-electron chi connectivity index (χ4n) is 3.36. The van der Waals surface area contributed by atoms with E-state index >= 15 is 0 Å². The van der Waals surface area contributed by atoms with Crippen molar-refractivity contribution in [3.8, 4) is 0 Å². The third-order valence-electron chi connectivity index (χ3n) is 5.61. The minimum atomic E-state index is -3.45. The van der Waals surface area contributed by atoms with Gasteiger partial charge in [-0.3, -0.25) is 4.99 Å². The molecule has 1 heterocycles. The number of nitrogens with one attached hydrogen (secondary N) is 2. The van der Waals surface area contributed by atoms with E-state index in [1.807, 2.05) is 26.0 Å². The van der Waals surface area contributed by atoms with E-state index in [9.17, 15) is 8.42 Å². The fraction of sp³-hybridized carbons (Fsp3) is 0.667. The predicted molar refractivity (Wildman–Crippen MR) is 135 cm³/mol. The maximum Gasteiger partial charge on any atom is 0.243 e. The molecule has 1 saturated heterocycles. The summed E-state index contributed by atoms with van der Waals surface area (Å²) < 4.78 is 26.5. The number of guanidine groups is 1. The molecule has 1 aromatic carbocycles. The van der Waals surface area contributed by atoms with Crippen LogP contribution >= 0.6 is 24.0 Å². The van der Waals surface area contributed by atoms with Crippen molar-refractivity contribution in [1.29, 1.82) is 0 Å². The number of benzene rings is 1. The SMILES string of the molecule is CN=C(NCc1ccc(S(=O)(=O)N(C)C(C)C)cc1)NC1CCN(C(C)C)CC1.I. The van der Waals surface area contributed by atoms with Gasteiger partial charge in [-0.1, -0.05) is 12.1 Å². The number of rotatable bonds is 7. The largest absolute Gasteiger partial charge is 0.354 e. The van der Waals surface area contributed by atoms with Crippen LogP contribution in [0.5, 0.6) is 0 Å². The van der Waals surface area contributed by atoms with Gasteiger partial charge < -0.3 is 15.5 Å². The molecule has 0 aliphatic carbocycles. The van der Waals surface area contributed by atoms with Crippen molar-refractivity contribution in [1.82, 2.24) is 19.8 Å². The van der Waals surface area contributed by atoms with Gasteiger partial charge in [-0.25, -0.2) is 8.42 Å². The molecule has 0 amide bonds. The average molecular weight is 552 g/mol. The number of likely N-dealkylation sites (tertiary alicyclic amines) is 1. The molecule has 2 rings (SSSR count). The number of halogens is 1. The van der Waals surface area contributed by atoms with Crippen LogP contribution in [0.1, 0.15) is 46.1 Å². The molecule has 1 fully saturated rings. The van der Waals surface area contributed by atoms with Crippen LogP contribution in [-0.2, 0) is 16.6 Å². The first kappa shape index (κ1) is 27.1. The number of hydrogen-bond acceptors (Lipinski definition) is 4. The van der Waals surface area contributed by atoms with Crippen LogP contribution in [0.15, 0.2) is 34.2 Å². The molecule has 1 aliphatic rings. The number of aliphatic imine (C=N–C) groups is 1. The van der Waals surface area contributed by atoms with Crippen molar-refractivity contribution in [3.05, 3.63) is 29.8 Å². The standard InChI is InChI=1S/C21H37N5O2S.HI/c1-16(2)25(6)29(27,28)20-9-7-18(8-10-20)15-23-21(22-5)24-19-11-13-26(14-12-19)17(3)4;/h7-10,16-17,19H,11-15H2,1-6H3,(H2,22,23,24);1H. The molecule has 0 radical (unpaired) electrons. The lowest BCUT2D eigenvalue weighted by Crippen LogP contribution is -2.49. The molecule has 0 spiro atoms. The third-order valence-corrected chi connectivity index (χ3v) is 7.66. The van der Waals surface area contributed by atoms with Crippen LogP contribution in [0.25, 0.3) is 0 Å². The molecule has 0 bridgehead atoms. The van der Waals surface area contributed by atoms with Crippen molar-refractivity contribution in [2.45, 2.75) is 70.1 Å². The number of sulfonamides is 1. The molecule has 0 saturated carbocycles. The van der Waals surface area contributed by atoms with E-state index in [-0.39, 0.29) is 30.0 Å². The van der Waals surface area contributed by atoms with Gasteiger partial charge >= 0.3 is 0 Å². The van der Waals surface area contributed by atoms with Gasteiger partial charge in [-0.2, -0.15) is 4.31 Å². The van der Waals surface area contributed by atoms with Crippen molar-refractivity contribution >= 4 is 40.0 Å². The molecule has 0 unspecified atom stereocenters. The molecule has 2 N–H and O–H groups in total. The summed E-state index contributed by atoms with van der Waals surface area (Å²) >= 11 is 0. The molecule has 7 nitrogen and oxygen atoms in total. The van der Waals surface area contributed by atoms with E-state index in [4.69, 9.17) is 0 Å². The van der Waals surface area contributed by atoms with E-state index in [2.05, 4.69) is 34.4 Å². The summed E-state index contributed by atoms with van der Waals surface area (Å²) in [6, 6.07) is 7.98. The van der Waals surface area contributed by atoms with Crippen LogP contribution in [0.4, 0.5) is 0 Å². The van der Waals surface area contributed by atoms with Crippen LogP contribution in [-0.4, -0.2) is 68.9 Å². The van der Waals surface area contributed by atoms with Crippen LogP contribution in [0.2, 0.25) is 0 Å². The smallest absolute Gasteiger partial charge is 0.243 e. The second-order valence-electron chi connectivity index (χ2n) is 8.23. The van der Waals surface area contributed by atoms with Crippen LogP contribution in [0, 0.1) is 0 Å². The van der Waals surface area contributed by atoms with Gasteiger partial charge in [0.1, 0.15) is 0 Å². The molecule has 1 aromatic rings. The summed E-state index contributed by atoms with van der Waals surface area (Å²) in [5.74, 6) is 0.782. The van der Waals surface area contributed by atoms with E-state index < -0.39 is 10.0 Å². The Kier molecular flexibility index (Phi) is 11.0. The Bertz CT molecular complexity index is 773. The van der Waals surface area contributed by atoms with E-state index in [0.717, 1.165) is 37.5 Å². The Morgan fingerprint density at radius 1 is 1.17 bits per heavy atom. The molecule has 1 aliphatic heterocycles. The first-order valence-electron chi connectivity index (χ1n) is 10.4. The minimum absolute atomic E-state index is 0. The van der Waals surface area contributed by atoms with Crippen LogP contribution in [0.3, 0.4) is 0 Å². The van der Waals surface area contributed by atoms with Gasteiger partial charge in [-0.05, 0) is 58.2 Å². The van der Waals surface area contributed by atoms with Crippen molar-refractivity contribution in [2.24, 2.45) is 4.99 Å². The van der Waals surface area contributed by atoms with Gasteiger partial charge in [-0.15, -0.1) is 24.0 Å². The fourth-order valence-corrected chi connectivity index (χ4v) is 4.72. The Morgan fingerprint density at radius 2 is 1.73 bits per heavy atom. The topological polar surface area (TPSA) is 77.0 Å². The molecular weight excluding hydrogens is 513 g/mol. The highest BCUT2D eigenvalue weighted by Crippen LogP contribution is 2.17. The zero-order valence-electron chi connectivity index (χ0n) is 19.1. The minimum Gasteiger partial charge on any atom is -0.354 e. The van der Waals surface area contributed by atoms with Gasteiger partial charge in [0.2, 0.25) is 10.0 Å². The normalized spacial score (nSPS) is 16.8. The molecule has 172 valence electrons. The first-order chi connectivity index (χ1) is 13.6. The molecule has 0 aromatic heterocycles. The molecule has 30 heavy (non-hydrogen) atoms. The Labute approximate surface area is 199 Å². The Balaban J connectivity index is 0.00000450. The van der Waals surface area contributed by atoms with Gasteiger partial charge in [0, 0.05) is 51.9 Å². The number of piperidine rings is 1. The Hall–Kier alpha value is -0.910. The molecular formula is C21H38IN5O2S. The summed E-state index contributed by atoms with van der Waals surface area (Å²) in [4.78, 5) is 7.15. The zero-order chi connectivity index (χ0) is 21.6. The summed E-state index contributed by atoms with van der Waals surface area (Å²) in [5, 5.41) is 6.84. The van der Waals surface area contributed by atoms with Gasteiger partial charge in [0.15, 0.2) is 5.96 Å². The van der Waals surface area contributed by atoms with Gasteiger partial charge in [0.05, 0.1) is 4.90 Å². The van der Waals surface area contributed by atoms with Crippen molar-refractivity contribution in [3.63, 3.8) is 0 Å².